The maximum Gasteiger partial charge on any atom is 0.149 e. The van der Waals surface area contributed by atoms with E-state index < -0.39 is 0 Å². The number of ether oxygens (including phenoxy) is 1. The number of hydrogen-bond acceptors (Lipinski definition) is 5. The number of nitrogens with two attached hydrogens (primary N) is 2. The zero-order valence-corrected chi connectivity index (χ0v) is 9.16. The molecule has 0 radical (unpaired) electrons. The first-order chi connectivity index (χ1) is 7.13. The van der Waals surface area contributed by atoms with Gasteiger partial charge in [0.2, 0.25) is 0 Å². The van der Waals surface area contributed by atoms with Crippen molar-refractivity contribution < 1.29 is 4.74 Å². The minimum atomic E-state index is 0.149. The van der Waals surface area contributed by atoms with Gasteiger partial charge in [-0.2, -0.15) is 0 Å². The number of rotatable bonds is 5. The van der Waals surface area contributed by atoms with Crippen LogP contribution < -0.4 is 16.8 Å². The lowest BCUT2D eigenvalue weighted by Crippen LogP contribution is -2.20. The van der Waals surface area contributed by atoms with Gasteiger partial charge in [-0.25, -0.2) is 4.98 Å². The molecule has 5 heteroatoms. The molecule has 0 aliphatic rings. The van der Waals surface area contributed by atoms with Crippen molar-refractivity contribution in [2.45, 2.75) is 20.0 Å². The number of hydrogen-bond donors (Lipinski definition) is 3. The van der Waals surface area contributed by atoms with Crippen LogP contribution in [0.15, 0.2) is 12.1 Å². The quantitative estimate of drug-likeness (QED) is 0.677. The summed E-state index contributed by atoms with van der Waals surface area (Å²) in [6, 6.07) is 3.53. The second kappa shape index (κ2) is 5.41. The molecule has 0 aliphatic carbocycles. The van der Waals surface area contributed by atoms with Crippen LogP contribution in [0.5, 0.6) is 0 Å². The molecule has 5 N–H and O–H groups in total. The van der Waals surface area contributed by atoms with Crippen LogP contribution in [0, 0.1) is 0 Å². The second-order valence-electron chi connectivity index (χ2n) is 3.32. The summed E-state index contributed by atoms with van der Waals surface area (Å²) < 4.78 is 5.37. The van der Waals surface area contributed by atoms with E-state index in [4.69, 9.17) is 16.2 Å². The fourth-order valence-electron chi connectivity index (χ4n) is 1.18. The van der Waals surface area contributed by atoms with Crippen LogP contribution in [0.2, 0.25) is 0 Å². The molecular formula is C10H18N4O. The van der Waals surface area contributed by atoms with Crippen LogP contribution in [-0.4, -0.2) is 24.2 Å². The number of pyridine rings is 1. The highest BCUT2D eigenvalue weighted by atomic mass is 16.5. The van der Waals surface area contributed by atoms with Crippen LogP contribution >= 0.6 is 0 Å². The van der Waals surface area contributed by atoms with Crippen molar-refractivity contribution in [3.05, 3.63) is 12.1 Å². The average molecular weight is 210 g/mol. The van der Waals surface area contributed by atoms with Gasteiger partial charge in [-0.05, 0) is 26.0 Å². The highest BCUT2D eigenvalue weighted by molar-refractivity contribution is 5.61. The van der Waals surface area contributed by atoms with Crippen molar-refractivity contribution in [3.63, 3.8) is 0 Å². The van der Waals surface area contributed by atoms with E-state index >= 15 is 0 Å². The van der Waals surface area contributed by atoms with Crippen LogP contribution in [0.1, 0.15) is 13.8 Å². The van der Waals surface area contributed by atoms with Crippen molar-refractivity contribution in [2.24, 2.45) is 0 Å². The van der Waals surface area contributed by atoms with Gasteiger partial charge in [0.1, 0.15) is 11.6 Å². The molecule has 0 fully saturated rings. The maximum absolute atomic E-state index is 5.58. The maximum atomic E-state index is 5.58. The number of nitrogens with zero attached hydrogens (tertiary/aromatic N) is 1. The Morgan fingerprint density at radius 1 is 1.47 bits per heavy atom. The summed E-state index contributed by atoms with van der Waals surface area (Å²) in [6.45, 7) is 5.37. The smallest absolute Gasteiger partial charge is 0.149 e. The Morgan fingerprint density at radius 2 is 2.20 bits per heavy atom. The van der Waals surface area contributed by atoms with E-state index in [-0.39, 0.29) is 6.10 Å². The summed E-state index contributed by atoms with van der Waals surface area (Å²) in [5.74, 6) is 1.07. The molecule has 1 aromatic heterocycles. The van der Waals surface area contributed by atoms with E-state index in [1.165, 1.54) is 0 Å². The van der Waals surface area contributed by atoms with Gasteiger partial charge in [0.15, 0.2) is 0 Å². The Labute approximate surface area is 89.8 Å². The summed E-state index contributed by atoms with van der Waals surface area (Å²) in [6.07, 6.45) is 0.149. The van der Waals surface area contributed by atoms with Crippen LogP contribution in [-0.2, 0) is 4.74 Å². The normalized spacial score (nSPS) is 12.4. The SMILES string of the molecule is CCOC(C)CNc1ccc(N)c(N)n1. The first-order valence-corrected chi connectivity index (χ1v) is 5.01. The van der Waals surface area contributed by atoms with Gasteiger partial charge in [-0.1, -0.05) is 0 Å². The van der Waals surface area contributed by atoms with Crippen molar-refractivity contribution in [3.8, 4) is 0 Å². The highest BCUT2D eigenvalue weighted by Gasteiger charge is 2.02. The summed E-state index contributed by atoms with van der Waals surface area (Å²) >= 11 is 0. The molecule has 1 heterocycles. The lowest BCUT2D eigenvalue weighted by atomic mass is 10.3. The Balaban J connectivity index is 2.47. The first kappa shape index (κ1) is 11.6. The summed E-state index contributed by atoms with van der Waals surface area (Å²) in [7, 11) is 0. The largest absolute Gasteiger partial charge is 0.396 e. The number of aromatic nitrogens is 1. The third kappa shape index (κ3) is 3.63. The number of anilines is 3. The predicted molar refractivity (Wildman–Crippen MR) is 62.6 cm³/mol. The van der Waals surface area contributed by atoms with Gasteiger partial charge >= 0.3 is 0 Å². The zero-order valence-electron chi connectivity index (χ0n) is 9.16. The van der Waals surface area contributed by atoms with E-state index in [0.717, 1.165) is 0 Å². The lowest BCUT2D eigenvalue weighted by Gasteiger charge is -2.13. The molecule has 0 aromatic carbocycles. The Hall–Kier alpha value is -1.49. The molecule has 1 rings (SSSR count). The minimum absolute atomic E-state index is 0.149. The molecule has 1 unspecified atom stereocenters. The molecular weight excluding hydrogens is 192 g/mol. The van der Waals surface area contributed by atoms with Crippen molar-refractivity contribution >= 4 is 17.3 Å². The summed E-state index contributed by atoms with van der Waals surface area (Å²) in [5, 5.41) is 3.13. The molecule has 5 nitrogen and oxygen atoms in total. The van der Waals surface area contributed by atoms with Crippen LogP contribution in [0.25, 0.3) is 0 Å². The van der Waals surface area contributed by atoms with E-state index in [1.807, 2.05) is 13.8 Å². The van der Waals surface area contributed by atoms with E-state index in [1.54, 1.807) is 12.1 Å². The highest BCUT2D eigenvalue weighted by Crippen LogP contribution is 2.14. The molecule has 15 heavy (non-hydrogen) atoms. The summed E-state index contributed by atoms with van der Waals surface area (Å²) in [4.78, 5) is 4.09. The van der Waals surface area contributed by atoms with Crippen molar-refractivity contribution in [1.29, 1.82) is 0 Å². The van der Waals surface area contributed by atoms with Crippen molar-refractivity contribution in [1.82, 2.24) is 4.98 Å². The first-order valence-electron chi connectivity index (χ1n) is 5.01. The third-order valence-electron chi connectivity index (χ3n) is 1.98. The van der Waals surface area contributed by atoms with Gasteiger partial charge in [0.25, 0.3) is 0 Å². The predicted octanol–water partition coefficient (Wildman–Crippen LogP) is 1.08. The third-order valence-corrected chi connectivity index (χ3v) is 1.98. The fourth-order valence-corrected chi connectivity index (χ4v) is 1.18. The molecule has 0 spiro atoms. The number of nitrogen functional groups attached to an aromatic ring is 2. The topological polar surface area (TPSA) is 86.2 Å². The number of nitrogens with one attached hydrogen (secondary N) is 1. The van der Waals surface area contributed by atoms with Gasteiger partial charge in [-0.3, -0.25) is 0 Å². The van der Waals surface area contributed by atoms with Crippen LogP contribution in [0.4, 0.5) is 17.3 Å². The molecule has 1 atom stereocenters. The van der Waals surface area contributed by atoms with E-state index in [0.29, 0.717) is 30.5 Å². The molecule has 84 valence electrons. The standard InChI is InChI=1S/C10H18N4O/c1-3-15-7(2)6-13-9-5-4-8(11)10(12)14-9/h4-5,7H,3,6,11H2,1-2H3,(H3,12,13,14). The molecule has 1 aromatic rings. The molecule has 0 saturated heterocycles. The molecule has 0 amide bonds. The van der Waals surface area contributed by atoms with Gasteiger partial charge in [0, 0.05) is 13.2 Å². The Bertz CT molecular complexity index is 316. The fraction of sp³-hybridized carbons (Fsp3) is 0.500. The lowest BCUT2D eigenvalue weighted by molar-refractivity contribution is 0.0855. The Morgan fingerprint density at radius 3 is 2.80 bits per heavy atom. The van der Waals surface area contributed by atoms with Gasteiger partial charge < -0.3 is 21.5 Å². The molecule has 0 saturated carbocycles. The molecule has 0 aliphatic heterocycles. The molecule has 0 bridgehead atoms. The van der Waals surface area contributed by atoms with E-state index in [2.05, 4.69) is 10.3 Å². The average Bonchev–Trinajstić information content (AvgIpc) is 2.20. The zero-order chi connectivity index (χ0) is 11.3. The van der Waals surface area contributed by atoms with Crippen LogP contribution in [0.3, 0.4) is 0 Å². The minimum Gasteiger partial charge on any atom is -0.396 e. The van der Waals surface area contributed by atoms with E-state index in [9.17, 15) is 0 Å². The summed E-state index contributed by atoms with van der Waals surface area (Å²) in [5.41, 5.74) is 11.6. The monoisotopic (exact) mass is 210 g/mol. The van der Waals surface area contributed by atoms with Gasteiger partial charge in [0.05, 0.1) is 11.8 Å². The van der Waals surface area contributed by atoms with Gasteiger partial charge in [-0.15, -0.1) is 0 Å². The second-order valence-corrected chi connectivity index (χ2v) is 3.32. The van der Waals surface area contributed by atoms with Crippen molar-refractivity contribution in [2.75, 3.05) is 29.9 Å². The Kier molecular flexibility index (Phi) is 4.17.